The molecule has 3 rings (SSSR count). The third-order valence-corrected chi connectivity index (χ3v) is 10.9. The van der Waals surface area contributed by atoms with Gasteiger partial charge < -0.3 is 0 Å². The number of allylic oxidation sites excluding steroid dienone is 3. The van der Waals surface area contributed by atoms with Gasteiger partial charge in [0.05, 0.1) is 0 Å². The van der Waals surface area contributed by atoms with E-state index in [1.54, 1.807) is 31.2 Å². The Morgan fingerprint density at radius 1 is 1.33 bits per heavy atom. The number of halogens is 4. The quantitative estimate of drug-likeness (QED) is 0.224. The number of alkyl halides is 4. The van der Waals surface area contributed by atoms with Crippen molar-refractivity contribution in [3.8, 4) is 0 Å². The molecule has 0 fully saturated rings. The zero-order chi connectivity index (χ0) is 22.3. The number of esters is 1. The van der Waals surface area contributed by atoms with Crippen LogP contribution in [0.3, 0.4) is 0 Å². The molecule has 2 unspecified atom stereocenters. The number of fused-ring (bicyclic) bond motifs is 1. The van der Waals surface area contributed by atoms with Gasteiger partial charge >= 0.3 is 192 Å². The van der Waals surface area contributed by atoms with Crippen LogP contribution in [-0.4, -0.2) is 54.2 Å². The second-order valence-corrected chi connectivity index (χ2v) is 12.7. The van der Waals surface area contributed by atoms with Gasteiger partial charge in [-0.3, -0.25) is 0 Å². The van der Waals surface area contributed by atoms with Crippen molar-refractivity contribution in [3.05, 3.63) is 54.3 Å². The molecule has 1 aliphatic carbocycles. The molecule has 11 heteroatoms. The van der Waals surface area contributed by atoms with Crippen LogP contribution in [0.1, 0.15) is 12.5 Å². The van der Waals surface area contributed by atoms with Gasteiger partial charge in [-0.15, -0.1) is 0 Å². The van der Waals surface area contributed by atoms with Gasteiger partial charge in [0.15, 0.2) is 0 Å². The number of ether oxygens (including phenoxy) is 1. The number of methoxy groups -OCH3 is 1. The summed E-state index contributed by atoms with van der Waals surface area (Å²) < 4.78 is 70.4. The Morgan fingerprint density at radius 2 is 2.03 bits per heavy atom. The topological polar surface area (TPSA) is 65.4 Å². The molecule has 30 heavy (non-hydrogen) atoms. The van der Waals surface area contributed by atoms with E-state index in [0.717, 1.165) is 10.2 Å². The first kappa shape index (κ1) is 23.4. The maximum atomic E-state index is 13.5. The Morgan fingerprint density at radius 3 is 2.63 bits per heavy atom. The van der Waals surface area contributed by atoms with E-state index in [9.17, 15) is 26.4 Å². The summed E-state index contributed by atoms with van der Waals surface area (Å²) in [6.45, 7) is 1.55. The zero-order valence-corrected chi connectivity index (χ0v) is 20.5. The van der Waals surface area contributed by atoms with E-state index in [1.165, 1.54) is 25.3 Å². The summed E-state index contributed by atoms with van der Waals surface area (Å²) in [6.07, 6.45) is 7.58. The zero-order valence-electron chi connectivity index (χ0n) is 15.8. The first-order chi connectivity index (χ1) is 13.9. The van der Waals surface area contributed by atoms with E-state index < -0.39 is 44.7 Å². The van der Waals surface area contributed by atoms with E-state index >= 15 is 0 Å². The van der Waals surface area contributed by atoms with Crippen molar-refractivity contribution in [1.29, 1.82) is 0 Å². The van der Waals surface area contributed by atoms with Crippen LogP contribution in [0.5, 0.6) is 0 Å². The molecular formula is C19H17F3INO4SSe. The minimum atomic E-state index is -4.46. The minimum absolute atomic E-state index is 0.107. The van der Waals surface area contributed by atoms with Gasteiger partial charge in [-0.2, -0.15) is 0 Å². The fourth-order valence-electron chi connectivity index (χ4n) is 3.10. The van der Waals surface area contributed by atoms with Gasteiger partial charge in [0.25, 0.3) is 0 Å². The summed E-state index contributed by atoms with van der Waals surface area (Å²) in [4.78, 5) is 11.6. The average Bonchev–Trinajstić information content (AvgIpc) is 3.01. The van der Waals surface area contributed by atoms with Crippen LogP contribution in [0.15, 0.2) is 48.7 Å². The number of nitrogens with zero attached hydrogens (tertiary/aromatic N) is 1. The normalized spacial score (nSPS) is 21.9. The van der Waals surface area contributed by atoms with Crippen molar-refractivity contribution in [1.82, 2.24) is 3.97 Å². The Hall–Kier alpha value is -1.30. The Labute approximate surface area is 191 Å². The number of benzene rings is 1. The van der Waals surface area contributed by atoms with Crippen LogP contribution in [0.4, 0.5) is 13.2 Å². The van der Waals surface area contributed by atoms with Crippen molar-refractivity contribution in [3.63, 3.8) is 0 Å². The summed E-state index contributed by atoms with van der Waals surface area (Å²) >= 11 is 0.0494. The standard InChI is InChI=1S/C19H17F3INO4SSe/c1-18(8-4-3-5-16(18)23)29(26,27)24-11-15(30-19(20,21)22)13-9-12(6-7-14(13)24)10-17(25)28-2/h3-9,11,16H,10H2,1-2H3. The summed E-state index contributed by atoms with van der Waals surface area (Å²) in [5, 5.41) is -4.29. The first-order valence-electron chi connectivity index (χ1n) is 8.61. The Kier molecular flexibility index (Phi) is 6.48. The van der Waals surface area contributed by atoms with E-state index in [4.69, 9.17) is 0 Å². The second kappa shape index (κ2) is 8.33. The van der Waals surface area contributed by atoms with Gasteiger partial charge in [0.2, 0.25) is 0 Å². The van der Waals surface area contributed by atoms with Crippen LogP contribution in [-0.2, 0) is 26.0 Å². The monoisotopic (exact) mass is 619 g/mol. The predicted molar refractivity (Wildman–Crippen MR) is 118 cm³/mol. The summed E-state index contributed by atoms with van der Waals surface area (Å²) in [7, 11) is -2.87. The van der Waals surface area contributed by atoms with Crippen molar-refractivity contribution >= 4 is 68.9 Å². The molecule has 2 aromatic rings. The molecule has 0 radical (unpaired) electrons. The van der Waals surface area contributed by atoms with Gasteiger partial charge in [-0.1, -0.05) is 0 Å². The van der Waals surface area contributed by atoms with Crippen LogP contribution in [0, 0.1) is 0 Å². The van der Waals surface area contributed by atoms with Crippen molar-refractivity contribution in [2.75, 3.05) is 7.11 Å². The molecule has 162 valence electrons. The van der Waals surface area contributed by atoms with Gasteiger partial charge in [0, 0.05) is 0 Å². The van der Waals surface area contributed by atoms with E-state index in [0.29, 0.717) is 5.56 Å². The second-order valence-electron chi connectivity index (χ2n) is 6.78. The molecule has 1 heterocycles. The van der Waals surface area contributed by atoms with Crippen LogP contribution in [0.2, 0.25) is 0 Å². The number of hydrogen-bond donors (Lipinski definition) is 0. The van der Waals surface area contributed by atoms with E-state index in [2.05, 4.69) is 4.74 Å². The van der Waals surface area contributed by atoms with Gasteiger partial charge in [0.1, 0.15) is 0 Å². The van der Waals surface area contributed by atoms with Crippen LogP contribution >= 0.6 is 22.6 Å². The maximum absolute atomic E-state index is 13.5. The van der Waals surface area contributed by atoms with Crippen molar-refractivity contribution in [2.45, 2.75) is 27.1 Å². The molecule has 0 N–H and O–H groups in total. The predicted octanol–water partition coefficient (Wildman–Crippen LogP) is 3.07. The molecule has 1 aromatic carbocycles. The van der Waals surface area contributed by atoms with E-state index in [-0.39, 0.29) is 21.8 Å². The molecule has 2 atom stereocenters. The third kappa shape index (κ3) is 4.35. The number of aromatic nitrogens is 1. The Bertz CT molecular complexity index is 1160. The number of hydrogen-bond acceptors (Lipinski definition) is 4. The number of rotatable bonds is 5. The van der Waals surface area contributed by atoms with Gasteiger partial charge in [-0.25, -0.2) is 0 Å². The molecule has 0 bridgehead atoms. The number of carbonyl (C=O) groups is 1. The van der Waals surface area contributed by atoms with Crippen molar-refractivity contribution in [2.24, 2.45) is 0 Å². The first-order valence-corrected chi connectivity index (χ1v) is 13.0. The number of carbonyl (C=O) groups excluding carboxylic acids is 1. The van der Waals surface area contributed by atoms with Crippen LogP contribution < -0.4 is 4.46 Å². The van der Waals surface area contributed by atoms with Gasteiger partial charge in [-0.05, 0) is 0 Å². The molecular weight excluding hydrogens is 601 g/mol. The molecule has 0 spiro atoms. The third-order valence-electron chi connectivity index (χ3n) is 4.78. The molecule has 0 saturated heterocycles. The van der Waals surface area contributed by atoms with Crippen LogP contribution in [0.25, 0.3) is 10.9 Å². The molecule has 0 saturated carbocycles. The summed E-state index contributed by atoms with van der Waals surface area (Å²) in [5.41, 5.74) is 0.597. The molecule has 5 nitrogen and oxygen atoms in total. The van der Waals surface area contributed by atoms with E-state index in [1.807, 2.05) is 22.6 Å². The fourth-order valence-corrected chi connectivity index (χ4v) is 7.79. The Balaban J connectivity index is 2.21. The SMILES string of the molecule is COC(=O)Cc1ccc2c(c1)c([Se]C(F)(F)F)cn2S(=O)(=O)C1(C)C=CC=CC1I. The molecule has 0 amide bonds. The van der Waals surface area contributed by atoms with Crippen molar-refractivity contribution < 1.29 is 31.1 Å². The molecule has 1 aromatic heterocycles. The summed E-state index contributed by atoms with van der Waals surface area (Å²) in [5.74, 6) is -0.538. The average molecular weight is 618 g/mol. The molecule has 0 aliphatic heterocycles. The fraction of sp³-hybridized carbons (Fsp3) is 0.316. The molecule has 1 aliphatic rings. The summed E-state index contributed by atoms with van der Waals surface area (Å²) in [6, 6.07) is 4.40.